The fourth-order valence-electron chi connectivity index (χ4n) is 3.52. The van der Waals surface area contributed by atoms with Gasteiger partial charge in [-0.2, -0.15) is 13.2 Å². The lowest BCUT2D eigenvalue weighted by Gasteiger charge is -2.28. The summed E-state index contributed by atoms with van der Waals surface area (Å²) in [6, 6.07) is 12.1. The lowest BCUT2D eigenvalue weighted by Crippen LogP contribution is -2.41. The summed E-state index contributed by atoms with van der Waals surface area (Å²) in [5.74, 6) is 0.558. The summed E-state index contributed by atoms with van der Waals surface area (Å²) in [6.07, 6.45) is -1.45. The summed E-state index contributed by atoms with van der Waals surface area (Å²) >= 11 is 0. The number of benzene rings is 2. The van der Waals surface area contributed by atoms with E-state index in [1.165, 1.54) is 13.2 Å². The van der Waals surface area contributed by atoms with Gasteiger partial charge < -0.3 is 4.74 Å². The molecule has 0 spiro atoms. The van der Waals surface area contributed by atoms with Gasteiger partial charge in [-0.05, 0) is 61.7 Å². The van der Waals surface area contributed by atoms with Gasteiger partial charge in [0.15, 0.2) is 0 Å². The molecule has 0 atom stereocenters. The van der Waals surface area contributed by atoms with Crippen molar-refractivity contribution in [1.82, 2.24) is 9.71 Å². The van der Waals surface area contributed by atoms with E-state index in [1.807, 2.05) is 6.07 Å². The molecule has 3 rings (SSSR count). The van der Waals surface area contributed by atoms with Gasteiger partial charge in [0.05, 0.1) is 29.3 Å². The number of nitrogens with zero attached hydrogens (tertiary/aromatic N) is 1. The first-order chi connectivity index (χ1) is 14.9. The minimum Gasteiger partial charge on any atom is -0.494 e. The normalized spacial score (nSPS) is 12.6. The van der Waals surface area contributed by atoms with Crippen molar-refractivity contribution in [3.05, 3.63) is 77.6 Å². The highest BCUT2D eigenvalue weighted by molar-refractivity contribution is 7.89. The molecule has 3 aromatic rings. The van der Waals surface area contributed by atoms with Crippen LogP contribution in [-0.2, 0) is 21.7 Å². The minimum atomic E-state index is -4.65. The molecule has 170 valence electrons. The molecule has 1 N–H and O–H groups in total. The number of alkyl halides is 3. The van der Waals surface area contributed by atoms with Crippen LogP contribution in [0.5, 0.6) is 5.75 Å². The summed E-state index contributed by atoms with van der Waals surface area (Å²) in [5.41, 5.74) is -0.262. The monoisotopic (exact) mass is 464 g/mol. The maximum Gasteiger partial charge on any atom is 0.416 e. The predicted octanol–water partition coefficient (Wildman–Crippen LogP) is 5.30. The Morgan fingerprint density at radius 3 is 2.38 bits per heavy atom. The van der Waals surface area contributed by atoms with Crippen LogP contribution >= 0.6 is 0 Å². The third-order valence-electron chi connectivity index (χ3n) is 5.17. The van der Waals surface area contributed by atoms with Crippen molar-refractivity contribution in [3.8, 4) is 16.9 Å². The van der Waals surface area contributed by atoms with Crippen LogP contribution in [0.1, 0.15) is 30.5 Å². The van der Waals surface area contributed by atoms with E-state index in [0.717, 1.165) is 30.2 Å². The van der Waals surface area contributed by atoms with Crippen LogP contribution in [0.3, 0.4) is 0 Å². The molecule has 0 saturated carbocycles. The zero-order valence-corrected chi connectivity index (χ0v) is 18.8. The SMILES string of the molecule is COc1cnccc1-c1cccc(C(C)(C)NS(=O)(=O)c2cccc(C(F)(F)F)c2C)c1. The van der Waals surface area contributed by atoms with Crippen molar-refractivity contribution in [3.63, 3.8) is 0 Å². The predicted molar refractivity (Wildman–Crippen MR) is 116 cm³/mol. The van der Waals surface area contributed by atoms with Crippen LogP contribution < -0.4 is 9.46 Å². The Morgan fingerprint density at radius 2 is 1.72 bits per heavy atom. The molecule has 0 fully saturated rings. The standard InChI is InChI=1S/C23H23F3N2O3S/c1-15-19(23(24,25)26)9-6-10-21(15)32(29,30)28-22(2,3)17-8-5-7-16(13-17)18-11-12-27-14-20(18)31-4/h5-14,28H,1-4H3. The van der Waals surface area contributed by atoms with Crippen molar-refractivity contribution in [2.45, 2.75) is 37.4 Å². The molecule has 0 unspecified atom stereocenters. The van der Waals surface area contributed by atoms with Crippen LogP contribution in [0.15, 0.2) is 65.8 Å². The lowest BCUT2D eigenvalue weighted by atomic mass is 9.92. The summed E-state index contributed by atoms with van der Waals surface area (Å²) in [4.78, 5) is 3.62. The molecular weight excluding hydrogens is 441 g/mol. The van der Waals surface area contributed by atoms with Gasteiger partial charge in [0.1, 0.15) is 5.75 Å². The molecule has 0 aliphatic carbocycles. The van der Waals surface area contributed by atoms with E-state index in [9.17, 15) is 21.6 Å². The Balaban J connectivity index is 2.00. The summed E-state index contributed by atoms with van der Waals surface area (Å²) in [6.45, 7) is 4.45. The molecule has 32 heavy (non-hydrogen) atoms. The highest BCUT2D eigenvalue weighted by Gasteiger charge is 2.36. The zero-order valence-electron chi connectivity index (χ0n) is 18.0. The van der Waals surface area contributed by atoms with Crippen molar-refractivity contribution >= 4 is 10.0 Å². The van der Waals surface area contributed by atoms with Gasteiger partial charge >= 0.3 is 6.18 Å². The molecule has 0 radical (unpaired) electrons. The Kier molecular flexibility index (Phi) is 6.35. The largest absolute Gasteiger partial charge is 0.494 e. The lowest BCUT2D eigenvalue weighted by molar-refractivity contribution is -0.138. The van der Waals surface area contributed by atoms with Gasteiger partial charge in [-0.3, -0.25) is 4.98 Å². The smallest absolute Gasteiger partial charge is 0.416 e. The number of pyridine rings is 1. The van der Waals surface area contributed by atoms with E-state index >= 15 is 0 Å². The highest BCUT2D eigenvalue weighted by Crippen LogP contribution is 2.36. The second-order valence-electron chi connectivity index (χ2n) is 7.81. The van der Waals surface area contributed by atoms with Crippen molar-refractivity contribution in [2.75, 3.05) is 7.11 Å². The molecular formula is C23H23F3N2O3S. The molecule has 5 nitrogen and oxygen atoms in total. The average Bonchev–Trinajstić information content (AvgIpc) is 2.72. The molecule has 2 aromatic carbocycles. The van der Waals surface area contributed by atoms with Gasteiger partial charge in [0.2, 0.25) is 10.0 Å². The van der Waals surface area contributed by atoms with Crippen LogP contribution in [0, 0.1) is 6.92 Å². The summed E-state index contributed by atoms with van der Waals surface area (Å²) < 4.78 is 73.8. The Morgan fingerprint density at radius 1 is 1.03 bits per heavy atom. The third-order valence-corrected chi connectivity index (χ3v) is 6.97. The Bertz CT molecular complexity index is 1240. The number of hydrogen-bond donors (Lipinski definition) is 1. The quantitative estimate of drug-likeness (QED) is 0.538. The maximum atomic E-state index is 13.3. The molecule has 0 aliphatic heterocycles. The van der Waals surface area contributed by atoms with E-state index < -0.39 is 32.2 Å². The first-order valence-corrected chi connectivity index (χ1v) is 11.1. The number of aromatic nitrogens is 1. The highest BCUT2D eigenvalue weighted by atomic mass is 32.2. The number of sulfonamides is 1. The van der Waals surface area contributed by atoms with Crippen LogP contribution in [-0.4, -0.2) is 20.5 Å². The van der Waals surface area contributed by atoms with E-state index in [0.29, 0.717) is 11.3 Å². The number of nitrogens with one attached hydrogen (secondary N) is 1. The number of hydrogen-bond acceptors (Lipinski definition) is 4. The molecule has 1 heterocycles. The van der Waals surface area contributed by atoms with Crippen LogP contribution in [0.2, 0.25) is 0 Å². The van der Waals surface area contributed by atoms with Crippen molar-refractivity contribution in [1.29, 1.82) is 0 Å². The van der Waals surface area contributed by atoms with Crippen molar-refractivity contribution in [2.24, 2.45) is 0 Å². The minimum absolute atomic E-state index is 0.349. The van der Waals surface area contributed by atoms with Gasteiger partial charge in [0, 0.05) is 11.8 Å². The van der Waals surface area contributed by atoms with E-state index in [-0.39, 0.29) is 5.56 Å². The fraction of sp³-hybridized carbons (Fsp3) is 0.261. The molecule has 0 bridgehead atoms. The molecule has 9 heteroatoms. The first-order valence-electron chi connectivity index (χ1n) is 9.66. The summed E-state index contributed by atoms with van der Waals surface area (Å²) in [7, 11) is -2.73. The first kappa shape index (κ1) is 23.7. The molecule has 0 amide bonds. The van der Waals surface area contributed by atoms with Gasteiger partial charge in [0.25, 0.3) is 0 Å². The molecule has 0 aliphatic rings. The average molecular weight is 465 g/mol. The number of methoxy groups -OCH3 is 1. The topological polar surface area (TPSA) is 68.3 Å². The zero-order chi connectivity index (χ0) is 23.7. The van der Waals surface area contributed by atoms with Crippen LogP contribution in [0.4, 0.5) is 13.2 Å². The Hall–Kier alpha value is -2.91. The number of halogens is 3. The summed E-state index contributed by atoms with van der Waals surface area (Å²) in [5, 5.41) is 0. The van der Waals surface area contributed by atoms with E-state index in [4.69, 9.17) is 4.74 Å². The van der Waals surface area contributed by atoms with Gasteiger partial charge in [-0.25, -0.2) is 13.1 Å². The van der Waals surface area contributed by atoms with E-state index in [1.54, 1.807) is 50.5 Å². The molecule has 1 aromatic heterocycles. The fourth-order valence-corrected chi connectivity index (χ4v) is 5.19. The van der Waals surface area contributed by atoms with Crippen molar-refractivity contribution < 1.29 is 26.3 Å². The molecule has 0 saturated heterocycles. The second-order valence-corrected chi connectivity index (χ2v) is 9.46. The van der Waals surface area contributed by atoms with E-state index in [2.05, 4.69) is 9.71 Å². The van der Waals surface area contributed by atoms with Gasteiger partial charge in [-0.15, -0.1) is 0 Å². The Labute approximate surface area is 185 Å². The third kappa shape index (κ3) is 4.78. The van der Waals surface area contributed by atoms with Gasteiger partial charge in [-0.1, -0.05) is 24.3 Å². The number of rotatable bonds is 6. The number of ether oxygens (including phenoxy) is 1. The van der Waals surface area contributed by atoms with Crippen LogP contribution in [0.25, 0.3) is 11.1 Å². The maximum absolute atomic E-state index is 13.3. The second kappa shape index (κ2) is 8.55.